The van der Waals surface area contributed by atoms with Crippen LogP contribution >= 0.6 is 0 Å². The molecule has 3 aliphatic heterocycles. The third-order valence-electron chi connectivity index (χ3n) is 7.90. The van der Waals surface area contributed by atoms with Crippen LogP contribution in [0.3, 0.4) is 0 Å². The van der Waals surface area contributed by atoms with Crippen molar-refractivity contribution < 1.29 is 18.7 Å². The lowest BCUT2D eigenvalue weighted by atomic mass is 10.1. The molecule has 8 heteroatoms. The van der Waals surface area contributed by atoms with E-state index in [4.69, 9.17) is 4.74 Å². The number of ether oxygens (including phenoxy) is 1. The average Bonchev–Trinajstić information content (AvgIpc) is 3.42. The maximum atomic E-state index is 13.4. The fourth-order valence-electron chi connectivity index (χ4n) is 5.60. The van der Waals surface area contributed by atoms with Crippen molar-refractivity contribution in [3.8, 4) is 5.75 Å². The molecule has 3 fully saturated rings. The third kappa shape index (κ3) is 6.65. The first-order chi connectivity index (χ1) is 18.6. The summed E-state index contributed by atoms with van der Waals surface area (Å²) < 4.78 is 19.4. The van der Waals surface area contributed by atoms with E-state index < -0.39 is 6.17 Å². The molecule has 0 aromatic heterocycles. The van der Waals surface area contributed by atoms with Gasteiger partial charge in [0.15, 0.2) is 0 Å². The Labute approximate surface area is 225 Å². The van der Waals surface area contributed by atoms with E-state index in [2.05, 4.69) is 21.9 Å². The summed E-state index contributed by atoms with van der Waals surface area (Å²) in [5, 5.41) is 0. The number of hydrogen-bond donors (Lipinski definition) is 0. The highest BCUT2D eigenvalue weighted by atomic mass is 19.1. The Hall–Kier alpha value is -3.13. The molecule has 7 nitrogen and oxygen atoms in total. The van der Waals surface area contributed by atoms with Gasteiger partial charge in [-0.15, -0.1) is 0 Å². The highest BCUT2D eigenvalue weighted by Crippen LogP contribution is 2.22. The van der Waals surface area contributed by atoms with Crippen LogP contribution in [0.25, 0.3) is 0 Å². The van der Waals surface area contributed by atoms with Gasteiger partial charge in [0.1, 0.15) is 11.9 Å². The maximum absolute atomic E-state index is 13.4. The lowest BCUT2D eigenvalue weighted by Gasteiger charge is -2.36. The number of anilines is 1. The Kier molecular flexibility index (Phi) is 8.79. The van der Waals surface area contributed by atoms with Crippen LogP contribution in [0.1, 0.15) is 52.8 Å². The molecule has 3 saturated heterocycles. The monoisotopic (exact) mass is 522 g/mol. The largest absolute Gasteiger partial charge is 0.494 e. The highest BCUT2D eigenvalue weighted by Gasteiger charge is 2.27. The van der Waals surface area contributed by atoms with Crippen molar-refractivity contribution in [1.29, 1.82) is 0 Å². The van der Waals surface area contributed by atoms with E-state index in [0.29, 0.717) is 37.2 Å². The van der Waals surface area contributed by atoms with Crippen LogP contribution in [0.5, 0.6) is 5.75 Å². The van der Waals surface area contributed by atoms with E-state index in [9.17, 15) is 14.0 Å². The van der Waals surface area contributed by atoms with Crippen LogP contribution in [-0.2, 0) is 0 Å². The van der Waals surface area contributed by atoms with E-state index >= 15 is 0 Å². The average molecular weight is 523 g/mol. The van der Waals surface area contributed by atoms with Crippen molar-refractivity contribution in [2.75, 3.05) is 70.4 Å². The van der Waals surface area contributed by atoms with Crippen molar-refractivity contribution in [3.63, 3.8) is 0 Å². The summed E-state index contributed by atoms with van der Waals surface area (Å²) in [5.41, 5.74) is 2.20. The van der Waals surface area contributed by atoms with Crippen molar-refractivity contribution in [1.82, 2.24) is 14.7 Å². The molecule has 38 heavy (non-hydrogen) atoms. The first kappa shape index (κ1) is 26.5. The molecule has 0 aliphatic carbocycles. The van der Waals surface area contributed by atoms with Crippen molar-refractivity contribution >= 4 is 17.5 Å². The van der Waals surface area contributed by atoms with Crippen LogP contribution in [0.15, 0.2) is 48.5 Å². The SMILES string of the molecule is O=C(c1ccc(C(=O)N2CC[C@H](F)C2)cc1)N1CCN(c2ccc(OCCCN3CCCCC3)cc2)CC1. The van der Waals surface area contributed by atoms with Gasteiger partial charge in [-0.05, 0) is 87.3 Å². The Morgan fingerprint density at radius 2 is 1.39 bits per heavy atom. The van der Waals surface area contributed by atoms with Gasteiger partial charge in [-0.3, -0.25) is 9.59 Å². The van der Waals surface area contributed by atoms with E-state index in [1.807, 2.05) is 17.0 Å². The zero-order valence-electron chi connectivity index (χ0n) is 22.2. The number of amides is 2. The normalized spacial score (nSPS) is 20.6. The first-order valence-electron chi connectivity index (χ1n) is 14.1. The maximum Gasteiger partial charge on any atom is 0.253 e. The van der Waals surface area contributed by atoms with Gasteiger partial charge in [0.2, 0.25) is 0 Å². The van der Waals surface area contributed by atoms with E-state index in [0.717, 1.165) is 44.1 Å². The molecule has 0 bridgehead atoms. The molecule has 2 amide bonds. The van der Waals surface area contributed by atoms with Crippen LogP contribution in [0.2, 0.25) is 0 Å². The first-order valence-corrected chi connectivity index (χ1v) is 14.1. The summed E-state index contributed by atoms with van der Waals surface area (Å²) >= 11 is 0. The highest BCUT2D eigenvalue weighted by molar-refractivity contribution is 5.98. The van der Waals surface area contributed by atoms with Gasteiger partial charge in [-0.2, -0.15) is 0 Å². The predicted octanol–water partition coefficient (Wildman–Crippen LogP) is 4.09. The molecule has 3 heterocycles. The van der Waals surface area contributed by atoms with Crippen molar-refractivity contribution in [2.24, 2.45) is 0 Å². The number of rotatable bonds is 8. The molecule has 2 aromatic rings. The van der Waals surface area contributed by atoms with Gasteiger partial charge in [-0.1, -0.05) is 6.42 Å². The zero-order valence-corrected chi connectivity index (χ0v) is 22.2. The van der Waals surface area contributed by atoms with Crippen LogP contribution in [0, 0.1) is 0 Å². The second-order valence-corrected chi connectivity index (χ2v) is 10.6. The van der Waals surface area contributed by atoms with Gasteiger partial charge in [0.25, 0.3) is 11.8 Å². The zero-order chi connectivity index (χ0) is 26.3. The molecular formula is C30H39FN4O3. The molecule has 0 spiro atoms. The number of piperazine rings is 1. The van der Waals surface area contributed by atoms with Gasteiger partial charge in [-0.25, -0.2) is 4.39 Å². The summed E-state index contributed by atoms with van der Waals surface area (Å²) in [6.07, 6.45) is 4.51. The molecule has 204 valence electrons. The van der Waals surface area contributed by atoms with Gasteiger partial charge in [0, 0.05) is 56.1 Å². The predicted molar refractivity (Wildman–Crippen MR) is 147 cm³/mol. The van der Waals surface area contributed by atoms with Gasteiger partial charge in [0.05, 0.1) is 13.2 Å². The number of likely N-dealkylation sites (tertiary alicyclic amines) is 2. The minimum atomic E-state index is -0.941. The summed E-state index contributed by atoms with van der Waals surface area (Å²) in [7, 11) is 0. The minimum absolute atomic E-state index is 0.0260. The molecular weight excluding hydrogens is 483 g/mol. The Morgan fingerprint density at radius 1 is 0.763 bits per heavy atom. The number of hydrogen-bond acceptors (Lipinski definition) is 5. The standard InChI is InChI=1S/C30H39FN4O3/c31-26-13-17-35(23-26)30(37)25-7-5-24(6-8-25)29(36)34-20-18-33(19-21-34)27-9-11-28(12-10-27)38-22-4-16-32-14-2-1-3-15-32/h5-12,26H,1-4,13-23H2/t26-/m0/s1. The smallest absolute Gasteiger partial charge is 0.253 e. The second kappa shape index (κ2) is 12.6. The van der Waals surface area contributed by atoms with Gasteiger partial charge >= 0.3 is 0 Å². The fraction of sp³-hybridized carbons (Fsp3) is 0.533. The topological polar surface area (TPSA) is 56.3 Å². The Bertz CT molecular complexity index is 1060. The number of halogens is 1. The van der Waals surface area contributed by atoms with Crippen molar-refractivity contribution in [3.05, 3.63) is 59.7 Å². The molecule has 0 radical (unpaired) electrons. The molecule has 0 unspecified atom stereocenters. The quantitative estimate of drug-likeness (QED) is 0.489. The number of carbonyl (C=O) groups excluding carboxylic acids is 2. The summed E-state index contributed by atoms with van der Waals surface area (Å²) in [6, 6.07) is 15.0. The third-order valence-corrected chi connectivity index (χ3v) is 7.90. The fourth-order valence-corrected chi connectivity index (χ4v) is 5.60. The number of nitrogens with zero attached hydrogens (tertiary/aromatic N) is 4. The molecule has 5 rings (SSSR count). The molecule has 1 atom stereocenters. The minimum Gasteiger partial charge on any atom is -0.494 e. The molecule has 0 saturated carbocycles. The summed E-state index contributed by atoms with van der Waals surface area (Å²) in [6.45, 7) is 7.70. The van der Waals surface area contributed by atoms with Crippen LogP contribution in [0.4, 0.5) is 10.1 Å². The number of alkyl halides is 1. The number of carbonyl (C=O) groups is 2. The molecule has 3 aliphatic rings. The second-order valence-electron chi connectivity index (χ2n) is 10.6. The van der Waals surface area contributed by atoms with E-state index in [1.54, 1.807) is 24.3 Å². The van der Waals surface area contributed by atoms with Crippen molar-refractivity contribution in [2.45, 2.75) is 38.3 Å². The Morgan fingerprint density at radius 3 is 2.00 bits per heavy atom. The van der Waals surface area contributed by atoms with Gasteiger partial charge < -0.3 is 24.3 Å². The lowest BCUT2D eigenvalue weighted by molar-refractivity contribution is 0.0743. The number of piperidine rings is 1. The van der Waals surface area contributed by atoms with Crippen LogP contribution in [-0.4, -0.2) is 98.2 Å². The lowest BCUT2D eigenvalue weighted by Crippen LogP contribution is -2.48. The number of benzene rings is 2. The van der Waals surface area contributed by atoms with E-state index in [1.165, 1.54) is 37.3 Å². The molecule has 2 aromatic carbocycles. The summed E-state index contributed by atoms with van der Waals surface area (Å²) in [4.78, 5) is 33.8. The molecule has 0 N–H and O–H groups in total. The van der Waals surface area contributed by atoms with E-state index in [-0.39, 0.29) is 18.4 Å². The Balaban J connectivity index is 1.05. The summed E-state index contributed by atoms with van der Waals surface area (Å²) in [5.74, 6) is 0.700. The van der Waals surface area contributed by atoms with Crippen LogP contribution < -0.4 is 9.64 Å².